The average Bonchev–Trinajstić information content (AvgIpc) is 2.81. The summed E-state index contributed by atoms with van der Waals surface area (Å²) >= 11 is 8.22. The highest BCUT2D eigenvalue weighted by atomic mass is 35.5. The molecular weight excluding hydrogens is 242 g/mol. The number of rotatable bonds is 2. The van der Waals surface area contributed by atoms with Crippen molar-refractivity contribution in [3.05, 3.63) is 0 Å². The first-order valence-corrected chi connectivity index (χ1v) is 7.77. The molecule has 3 atom stereocenters. The van der Waals surface area contributed by atoms with Crippen molar-refractivity contribution < 1.29 is 4.79 Å². The van der Waals surface area contributed by atoms with Crippen LogP contribution < -0.4 is 0 Å². The SMILES string of the molecule is CN(C(=O)C1CCSC1)C1CCCCC1Cl. The molecule has 0 N–H and O–H groups in total. The van der Waals surface area contributed by atoms with Crippen LogP contribution in [0.15, 0.2) is 0 Å². The molecule has 0 aromatic carbocycles. The smallest absolute Gasteiger partial charge is 0.226 e. The molecule has 92 valence electrons. The summed E-state index contributed by atoms with van der Waals surface area (Å²) in [7, 11) is 1.94. The summed E-state index contributed by atoms with van der Waals surface area (Å²) in [4.78, 5) is 14.2. The van der Waals surface area contributed by atoms with E-state index in [1.807, 2.05) is 23.7 Å². The number of hydrogen-bond donors (Lipinski definition) is 0. The van der Waals surface area contributed by atoms with Gasteiger partial charge in [0.15, 0.2) is 0 Å². The zero-order valence-electron chi connectivity index (χ0n) is 9.82. The highest BCUT2D eigenvalue weighted by Gasteiger charge is 2.33. The van der Waals surface area contributed by atoms with E-state index < -0.39 is 0 Å². The lowest BCUT2D eigenvalue weighted by Gasteiger charge is -2.36. The second-order valence-electron chi connectivity index (χ2n) is 4.88. The fraction of sp³-hybridized carbons (Fsp3) is 0.917. The third kappa shape index (κ3) is 2.67. The number of thioether (sulfide) groups is 1. The molecule has 1 heterocycles. The number of amides is 1. The zero-order valence-corrected chi connectivity index (χ0v) is 11.4. The predicted octanol–water partition coefficient (Wildman–Crippen LogP) is 2.75. The van der Waals surface area contributed by atoms with Crippen LogP contribution >= 0.6 is 23.4 Å². The first-order chi connectivity index (χ1) is 7.70. The molecule has 2 aliphatic rings. The topological polar surface area (TPSA) is 20.3 Å². The maximum atomic E-state index is 12.2. The van der Waals surface area contributed by atoms with Gasteiger partial charge in [0, 0.05) is 24.8 Å². The van der Waals surface area contributed by atoms with Gasteiger partial charge in [-0.25, -0.2) is 0 Å². The Morgan fingerprint density at radius 1 is 1.31 bits per heavy atom. The van der Waals surface area contributed by atoms with Gasteiger partial charge in [-0.3, -0.25) is 4.79 Å². The second-order valence-corrected chi connectivity index (χ2v) is 6.59. The fourth-order valence-corrected chi connectivity index (χ4v) is 4.34. The van der Waals surface area contributed by atoms with Crippen molar-refractivity contribution in [1.29, 1.82) is 0 Å². The van der Waals surface area contributed by atoms with Crippen LogP contribution in [0.5, 0.6) is 0 Å². The average molecular weight is 262 g/mol. The lowest BCUT2D eigenvalue weighted by molar-refractivity contribution is -0.136. The van der Waals surface area contributed by atoms with Gasteiger partial charge in [0.2, 0.25) is 5.91 Å². The Balaban J connectivity index is 1.94. The van der Waals surface area contributed by atoms with Gasteiger partial charge in [0.05, 0.1) is 5.38 Å². The summed E-state index contributed by atoms with van der Waals surface area (Å²) in [5.41, 5.74) is 0. The van der Waals surface area contributed by atoms with Crippen molar-refractivity contribution >= 4 is 29.3 Å². The molecule has 1 aliphatic carbocycles. The maximum absolute atomic E-state index is 12.2. The highest BCUT2D eigenvalue weighted by Crippen LogP contribution is 2.30. The van der Waals surface area contributed by atoms with Crippen LogP contribution in [0.25, 0.3) is 0 Å². The van der Waals surface area contributed by atoms with Gasteiger partial charge in [0.25, 0.3) is 0 Å². The fourth-order valence-electron chi connectivity index (χ4n) is 2.68. The molecule has 3 unspecified atom stereocenters. The Morgan fingerprint density at radius 2 is 2.06 bits per heavy atom. The summed E-state index contributed by atoms with van der Waals surface area (Å²) in [6.45, 7) is 0. The minimum absolute atomic E-state index is 0.164. The molecule has 1 amide bonds. The van der Waals surface area contributed by atoms with Crippen LogP contribution in [0, 0.1) is 5.92 Å². The third-order valence-electron chi connectivity index (χ3n) is 3.77. The monoisotopic (exact) mass is 261 g/mol. The van der Waals surface area contributed by atoms with Gasteiger partial charge in [-0.2, -0.15) is 11.8 Å². The van der Waals surface area contributed by atoms with Crippen LogP contribution in [0.2, 0.25) is 0 Å². The maximum Gasteiger partial charge on any atom is 0.226 e. The summed E-state index contributed by atoms with van der Waals surface area (Å²) in [5, 5.41) is 0.164. The second kappa shape index (κ2) is 5.63. The quantitative estimate of drug-likeness (QED) is 0.713. The van der Waals surface area contributed by atoms with Crippen molar-refractivity contribution in [2.45, 2.75) is 43.5 Å². The standard InChI is InChI=1S/C12H20ClNOS/c1-14(11-5-3-2-4-10(11)13)12(15)9-6-7-16-8-9/h9-11H,2-8H2,1H3. The Morgan fingerprint density at radius 3 is 2.69 bits per heavy atom. The zero-order chi connectivity index (χ0) is 11.5. The van der Waals surface area contributed by atoms with Crippen molar-refractivity contribution in [3.63, 3.8) is 0 Å². The van der Waals surface area contributed by atoms with Gasteiger partial charge >= 0.3 is 0 Å². The molecule has 2 rings (SSSR count). The first-order valence-electron chi connectivity index (χ1n) is 6.18. The minimum Gasteiger partial charge on any atom is -0.341 e. The van der Waals surface area contributed by atoms with Crippen LogP contribution in [-0.2, 0) is 4.79 Å². The van der Waals surface area contributed by atoms with E-state index >= 15 is 0 Å². The van der Waals surface area contributed by atoms with Crippen LogP contribution in [-0.4, -0.2) is 40.8 Å². The molecular formula is C12H20ClNOS. The number of carbonyl (C=O) groups excluding carboxylic acids is 1. The molecule has 2 fully saturated rings. The lowest BCUT2D eigenvalue weighted by Crippen LogP contribution is -2.46. The Labute approximate surface area is 107 Å². The van der Waals surface area contributed by atoms with E-state index in [2.05, 4.69) is 0 Å². The molecule has 0 aromatic rings. The Bertz CT molecular complexity index is 255. The molecule has 0 aromatic heterocycles. The molecule has 16 heavy (non-hydrogen) atoms. The van der Waals surface area contributed by atoms with E-state index in [0.29, 0.717) is 5.91 Å². The van der Waals surface area contributed by atoms with Crippen molar-refractivity contribution in [2.24, 2.45) is 5.92 Å². The highest BCUT2D eigenvalue weighted by molar-refractivity contribution is 7.99. The number of hydrogen-bond acceptors (Lipinski definition) is 2. The Kier molecular flexibility index (Phi) is 4.42. The third-order valence-corrected chi connectivity index (χ3v) is 5.44. The van der Waals surface area contributed by atoms with E-state index in [9.17, 15) is 4.79 Å². The van der Waals surface area contributed by atoms with E-state index in [1.165, 1.54) is 12.8 Å². The van der Waals surface area contributed by atoms with Gasteiger partial charge in [-0.1, -0.05) is 12.8 Å². The molecule has 0 spiro atoms. The van der Waals surface area contributed by atoms with E-state index in [1.54, 1.807) is 0 Å². The van der Waals surface area contributed by atoms with E-state index in [4.69, 9.17) is 11.6 Å². The number of nitrogens with zero attached hydrogens (tertiary/aromatic N) is 1. The van der Waals surface area contributed by atoms with Gasteiger partial charge < -0.3 is 4.90 Å². The molecule has 0 bridgehead atoms. The predicted molar refractivity (Wildman–Crippen MR) is 70.1 cm³/mol. The van der Waals surface area contributed by atoms with E-state index in [0.717, 1.165) is 30.8 Å². The summed E-state index contributed by atoms with van der Waals surface area (Å²) < 4.78 is 0. The summed E-state index contributed by atoms with van der Waals surface area (Å²) in [6, 6.07) is 0.272. The number of halogens is 1. The minimum atomic E-state index is 0.164. The van der Waals surface area contributed by atoms with Crippen LogP contribution in [0.3, 0.4) is 0 Å². The first kappa shape index (κ1) is 12.6. The molecule has 4 heteroatoms. The number of carbonyl (C=O) groups is 1. The molecule has 0 radical (unpaired) electrons. The summed E-state index contributed by atoms with van der Waals surface area (Å²) in [5.74, 6) is 2.71. The van der Waals surface area contributed by atoms with Crippen molar-refractivity contribution in [3.8, 4) is 0 Å². The molecule has 2 nitrogen and oxygen atoms in total. The lowest BCUT2D eigenvalue weighted by atomic mass is 9.93. The molecule has 1 saturated carbocycles. The van der Waals surface area contributed by atoms with Gasteiger partial charge in [-0.15, -0.1) is 11.6 Å². The van der Waals surface area contributed by atoms with Crippen LogP contribution in [0.1, 0.15) is 32.1 Å². The van der Waals surface area contributed by atoms with E-state index in [-0.39, 0.29) is 17.3 Å². The van der Waals surface area contributed by atoms with Crippen molar-refractivity contribution in [2.75, 3.05) is 18.6 Å². The molecule has 1 aliphatic heterocycles. The summed E-state index contributed by atoms with van der Waals surface area (Å²) in [6.07, 6.45) is 5.62. The number of alkyl halides is 1. The van der Waals surface area contributed by atoms with Gasteiger partial charge in [-0.05, 0) is 25.0 Å². The largest absolute Gasteiger partial charge is 0.341 e. The van der Waals surface area contributed by atoms with Crippen LogP contribution in [0.4, 0.5) is 0 Å². The van der Waals surface area contributed by atoms with Crippen molar-refractivity contribution in [1.82, 2.24) is 4.90 Å². The Hall–Kier alpha value is 0.110. The normalized spacial score (nSPS) is 35.0. The van der Waals surface area contributed by atoms with Gasteiger partial charge in [0.1, 0.15) is 0 Å². The molecule has 1 saturated heterocycles.